The molecule has 0 bridgehead atoms. The third-order valence-electron chi connectivity index (χ3n) is 5.69. The quantitative estimate of drug-likeness (QED) is 0.112. The molecule has 14 nitrogen and oxygen atoms in total. The van der Waals surface area contributed by atoms with Crippen molar-refractivity contribution in [2.45, 2.75) is 19.6 Å². The van der Waals surface area contributed by atoms with Gasteiger partial charge in [-0.15, -0.1) is 0 Å². The number of benzene rings is 4. The van der Waals surface area contributed by atoms with Gasteiger partial charge in [0, 0.05) is 22.5 Å². The van der Waals surface area contributed by atoms with Gasteiger partial charge in [0.15, 0.2) is 0 Å². The van der Waals surface area contributed by atoms with Crippen LogP contribution < -0.4 is 20.9 Å². The van der Waals surface area contributed by atoms with E-state index in [-0.39, 0.29) is 21.2 Å². The summed E-state index contributed by atoms with van der Waals surface area (Å²) >= 11 is 0. The average Bonchev–Trinajstić information content (AvgIpc) is 2.88. The fourth-order valence-electron chi connectivity index (χ4n) is 3.77. The Morgan fingerprint density at radius 2 is 0.786 bits per heavy atom. The zero-order valence-electron chi connectivity index (χ0n) is 21.0. The molecule has 4 aromatic carbocycles. The minimum absolute atomic E-state index is 0.208. The largest absolute Gasteiger partial charge is 0.399 e. The number of sulfonamides is 2. The molecule has 18 heteroatoms. The van der Waals surface area contributed by atoms with Gasteiger partial charge < -0.3 is 11.5 Å². The zero-order chi connectivity index (χ0) is 31.1. The van der Waals surface area contributed by atoms with Crippen LogP contribution in [0.4, 0.5) is 22.7 Å². The molecule has 0 heterocycles. The van der Waals surface area contributed by atoms with E-state index < -0.39 is 61.2 Å². The number of hydrogen-bond donors (Lipinski definition) is 6. The number of nitrogens with one attached hydrogen (secondary N) is 2. The second-order valence-corrected chi connectivity index (χ2v) is 14.9. The van der Waals surface area contributed by atoms with Crippen molar-refractivity contribution in [3.8, 4) is 11.1 Å². The minimum Gasteiger partial charge on any atom is -0.399 e. The lowest BCUT2D eigenvalue weighted by Crippen LogP contribution is -2.14. The monoisotopic (exact) mass is 654 g/mol. The first-order valence-corrected chi connectivity index (χ1v) is 17.2. The number of rotatable bonds is 9. The van der Waals surface area contributed by atoms with Crippen molar-refractivity contribution >= 4 is 63.0 Å². The Kier molecular flexibility index (Phi) is 7.98. The van der Waals surface area contributed by atoms with Crippen LogP contribution in [-0.2, 0) is 40.3 Å². The van der Waals surface area contributed by atoms with E-state index in [1.54, 1.807) is 0 Å². The molecule has 0 spiro atoms. The van der Waals surface area contributed by atoms with Crippen LogP contribution >= 0.6 is 0 Å². The lowest BCUT2D eigenvalue weighted by atomic mass is 10.0. The Hall–Kier alpha value is -4.20. The molecule has 0 saturated heterocycles. The molecule has 0 atom stereocenters. The Morgan fingerprint density at radius 1 is 0.476 bits per heavy atom. The molecular weight excluding hydrogens is 633 g/mol. The first kappa shape index (κ1) is 30.8. The van der Waals surface area contributed by atoms with Crippen molar-refractivity contribution in [2.75, 3.05) is 20.9 Å². The lowest BCUT2D eigenvalue weighted by molar-refractivity contribution is 0.480. The van der Waals surface area contributed by atoms with Gasteiger partial charge in [-0.05, 0) is 72.8 Å². The highest BCUT2D eigenvalue weighted by Gasteiger charge is 2.26. The summed E-state index contributed by atoms with van der Waals surface area (Å²) in [6.45, 7) is 0. The number of nitrogens with two attached hydrogens (primary N) is 2. The van der Waals surface area contributed by atoms with Crippen LogP contribution in [0.3, 0.4) is 0 Å². The number of anilines is 4. The van der Waals surface area contributed by atoms with Crippen LogP contribution in [0, 0.1) is 0 Å². The lowest BCUT2D eigenvalue weighted by Gasteiger charge is -2.15. The van der Waals surface area contributed by atoms with Gasteiger partial charge in [-0.3, -0.25) is 18.5 Å². The van der Waals surface area contributed by atoms with Crippen molar-refractivity contribution in [3.63, 3.8) is 0 Å². The van der Waals surface area contributed by atoms with E-state index in [0.717, 1.165) is 36.4 Å². The van der Waals surface area contributed by atoms with Gasteiger partial charge in [0.05, 0.1) is 21.2 Å². The molecule has 0 aliphatic carbocycles. The summed E-state index contributed by atoms with van der Waals surface area (Å²) in [5.74, 6) is 0. The smallest absolute Gasteiger partial charge is 0.295 e. The molecule has 0 aromatic heterocycles. The molecule has 4 aromatic rings. The Bertz CT molecular complexity index is 1960. The van der Waals surface area contributed by atoms with Crippen molar-refractivity contribution in [2.24, 2.45) is 0 Å². The van der Waals surface area contributed by atoms with Crippen molar-refractivity contribution < 1.29 is 42.8 Å². The Balaban J connectivity index is 1.79. The average molecular weight is 655 g/mol. The minimum atomic E-state index is -5.12. The highest BCUT2D eigenvalue weighted by Crippen LogP contribution is 2.36. The van der Waals surface area contributed by atoms with Gasteiger partial charge in [-0.2, -0.15) is 16.8 Å². The standard InChI is InChI=1S/C24H22N4O10S4/c25-15-1-7-19(8-2-15)39(29,30)27-17-5-11-21(23(13-17)41(33,34)35)22-12-6-18(14-24(22)42(36,37)38)28-40(31,32)20-9-3-16(26)4-10-20/h1-14,27-28H,25-26H2,(H,33,34,35)(H,36,37,38). The predicted octanol–water partition coefficient (Wildman–Crippen LogP) is 2.61. The molecule has 4 rings (SSSR count). The van der Waals surface area contributed by atoms with E-state index in [2.05, 4.69) is 9.44 Å². The Labute approximate surface area is 241 Å². The Morgan fingerprint density at radius 3 is 1.07 bits per heavy atom. The van der Waals surface area contributed by atoms with Gasteiger partial charge in [-0.25, -0.2) is 16.8 Å². The van der Waals surface area contributed by atoms with E-state index in [4.69, 9.17) is 11.5 Å². The van der Waals surface area contributed by atoms with Crippen LogP contribution in [0.5, 0.6) is 0 Å². The molecule has 0 unspecified atom stereocenters. The second-order valence-electron chi connectivity index (χ2n) is 8.72. The van der Waals surface area contributed by atoms with Crippen molar-refractivity contribution in [3.05, 3.63) is 84.9 Å². The summed E-state index contributed by atoms with van der Waals surface area (Å²) in [5.41, 5.74) is 10.2. The molecule has 222 valence electrons. The molecule has 0 aliphatic rings. The van der Waals surface area contributed by atoms with Gasteiger partial charge in [0.2, 0.25) is 0 Å². The summed E-state index contributed by atoms with van der Waals surface area (Å²) < 4.78 is 124. The summed E-state index contributed by atoms with van der Waals surface area (Å²) in [5, 5.41) is 0. The first-order chi connectivity index (χ1) is 19.4. The topological polar surface area (TPSA) is 253 Å². The van der Waals surface area contributed by atoms with Gasteiger partial charge >= 0.3 is 0 Å². The molecule has 8 N–H and O–H groups in total. The molecule has 0 radical (unpaired) electrons. The normalized spacial score (nSPS) is 12.5. The summed E-state index contributed by atoms with van der Waals surface area (Å²) in [4.78, 5) is -2.25. The summed E-state index contributed by atoms with van der Waals surface area (Å²) in [7, 11) is -18.7. The van der Waals surface area contributed by atoms with E-state index in [0.29, 0.717) is 11.4 Å². The highest BCUT2D eigenvalue weighted by atomic mass is 32.2. The third-order valence-corrected chi connectivity index (χ3v) is 10.3. The van der Waals surface area contributed by atoms with Crippen molar-refractivity contribution in [1.82, 2.24) is 0 Å². The summed E-state index contributed by atoms with van der Waals surface area (Å²) in [6, 6.07) is 15.8. The fourth-order valence-corrected chi connectivity index (χ4v) is 7.33. The molecule has 0 saturated carbocycles. The van der Waals surface area contributed by atoms with Gasteiger partial charge in [-0.1, -0.05) is 12.1 Å². The maximum Gasteiger partial charge on any atom is 0.295 e. The van der Waals surface area contributed by atoms with Crippen LogP contribution in [0.1, 0.15) is 0 Å². The second kappa shape index (κ2) is 10.9. The predicted molar refractivity (Wildman–Crippen MR) is 155 cm³/mol. The van der Waals surface area contributed by atoms with Crippen LogP contribution in [0.15, 0.2) is 105 Å². The maximum atomic E-state index is 12.7. The van der Waals surface area contributed by atoms with E-state index in [1.165, 1.54) is 48.5 Å². The molecule has 42 heavy (non-hydrogen) atoms. The van der Waals surface area contributed by atoms with Crippen LogP contribution in [0.25, 0.3) is 11.1 Å². The molecule has 0 amide bonds. The number of hydrogen-bond acceptors (Lipinski definition) is 10. The van der Waals surface area contributed by atoms with E-state index in [9.17, 15) is 42.8 Å². The SMILES string of the molecule is Nc1ccc(S(=O)(=O)Nc2ccc(-c3ccc(NS(=O)(=O)c4ccc(N)cc4)cc3S(=O)(=O)O)c(S(=O)(=O)O)c2)cc1. The van der Waals surface area contributed by atoms with Gasteiger partial charge in [0.1, 0.15) is 9.79 Å². The van der Waals surface area contributed by atoms with Crippen LogP contribution in [0.2, 0.25) is 0 Å². The maximum absolute atomic E-state index is 12.7. The zero-order valence-corrected chi connectivity index (χ0v) is 24.3. The van der Waals surface area contributed by atoms with Crippen molar-refractivity contribution in [1.29, 1.82) is 0 Å². The molecule has 0 aliphatic heterocycles. The van der Waals surface area contributed by atoms with E-state index in [1.807, 2.05) is 0 Å². The van der Waals surface area contributed by atoms with Gasteiger partial charge in [0.25, 0.3) is 40.3 Å². The highest BCUT2D eigenvalue weighted by molar-refractivity contribution is 7.93. The number of nitrogen functional groups attached to an aromatic ring is 2. The molecular formula is C24H22N4O10S4. The fraction of sp³-hybridized carbons (Fsp3) is 0. The third kappa shape index (κ3) is 6.81. The van der Waals surface area contributed by atoms with E-state index >= 15 is 0 Å². The van der Waals surface area contributed by atoms with Crippen LogP contribution in [-0.4, -0.2) is 42.8 Å². The summed E-state index contributed by atoms with van der Waals surface area (Å²) in [6.07, 6.45) is 0. The first-order valence-electron chi connectivity index (χ1n) is 11.4. The molecule has 0 fully saturated rings.